The van der Waals surface area contributed by atoms with Crippen LogP contribution in [-0.4, -0.2) is 48.1 Å². The quantitative estimate of drug-likeness (QED) is 0.409. The number of fused-ring (bicyclic) bond motifs is 1. The van der Waals surface area contributed by atoms with Crippen LogP contribution in [0.2, 0.25) is 0 Å². The summed E-state index contributed by atoms with van der Waals surface area (Å²) in [7, 11) is 0. The van der Waals surface area contributed by atoms with Gasteiger partial charge in [0.1, 0.15) is 5.82 Å². The summed E-state index contributed by atoms with van der Waals surface area (Å²) in [6, 6.07) is 12.1. The number of carbonyl (C=O) groups excluding carboxylic acids is 1. The highest BCUT2D eigenvalue weighted by atomic mass is 19.4. The van der Waals surface area contributed by atoms with E-state index in [2.05, 4.69) is 29.3 Å². The van der Waals surface area contributed by atoms with E-state index >= 15 is 0 Å². The Balaban J connectivity index is 1.32. The predicted octanol–water partition coefficient (Wildman–Crippen LogP) is 6.79. The smallest absolute Gasteiger partial charge is 0.320 e. The third-order valence-corrected chi connectivity index (χ3v) is 8.90. The van der Waals surface area contributed by atoms with Crippen LogP contribution in [0.3, 0.4) is 0 Å². The fraction of sp³-hybridized carbons (Fsp3) is 0.533. The second-order valence-corrected chi connectivity index (χ2v) is 11.5. The molecule has 9 heteroatoms. The van der Waals surface area contributed by atoms with Gasteiger partial charge >= 0.3 is 12.2 Å². The number of nitrogens with one attached hydrogen (secondary N) is 1. The first kappa shape index (κ1) is 27.4. The monoisotopic (exact) mass is 542 g/mol. The highest BCUT2D eigenvalue weighted by molar-refractivity contribution is 5.89. The zero-order valence-electron chi connectivity index (χ0n) is 22.1. The van der Waals surface area contributed by atoms with Crippen molar-refractivity contribution >= 4 is 11.7 Å². The Hall–Kier alpha value is -3.12. The molecule has 2 amide bonds. The molecule has 1 heterocycles. The largest absolute Gasteiger partial charge is 0.419 e. The average Bonchev–Trinajstić information content (AvgIpc) is 3.65. The molecule has 2 saturated carbocycles. The lowest BCUT2D eigenvalue weighted by atomic mass is 9.80. The number of anilines is 1. The Kier molecular flexibility index (Phi) is 7.60. The summed E-state index contributed by atoms with van der Waals surface area (Å²) in [5.74, 6) is -0.389. The lowest BCUT2D eigenvalue weighted by molar-refractivity contribution is -0.139. The van der Waals surface area contributed by atoms with Crippen molar-refractivity contribution in [3.63, 3.8) is 0 Å². The van der Waals surface area contributed by atoms with Gasteiger partial charge in [-0.05, 0) is 98.2 Å². The second kappa shape index (κ2) is 10.8. The van der Waals surface area contributed by atoms with Crippen LogP contribution in [0.5, 0.6) is 0 Å². The molecule has 2 aliphatic carbocycles. The maximum absolute atomic E-state index is 13.8. The summed E-state index contributed by atoms with van der Waals surface area (Å²) >= 11 is 0. The van der Waals surface area contributed by atoms with E-state index in [1.807, 2.05) is 12.1 Å². The van der Waals surface area contributed by atoms with Gasteiger partial charge in [-0.2, -0.15) is 18.4 Å². The molecular formula is C30H34F4N4O. The van der Waals surface area contributed by atoms with Gasteiger partial charge in [-0.3, -0.25) is 0 Å². The molecule has 0 bridgehead atoms. The van der Waals surface area contributed by atoms with Crippen molar-refractivity contribution in [3.05, 3.63) is 65.0 Å². The molecular weight excluding hydrogens is 508 g/mol. The van der Waals surface area contributed by atoms with E-state index in [-0.39, 0.29) is 17.1 Å². The molecule has 2 aromatic rings. The molecule has 0 aromatic heterocycles. The van der Waals surface area contributed by atoms with E-state index in [1.54, 1.807) is 11.0 Å². The van der Waals surface area contributed by atoms with E-state index in [0.29, 0.717) is 36.6 Å². The number of amides is 2. The van der Waals surface area contributed by atoms with Crippen LogP contribution >= 0.6 is 0 Å². The number of benzene rings is 2. The highest BCUT2D eigenvalue weighted by Crippen LogP contribution is 2.62. The Morgan fingerprint density at radius 2 is 2.05 bits per heavy atom. The third kappa shape index (κ3) is 5.91. The molecule has 39 heavy (non-hydrogen) atoms. The fourth-order valence-corrected chi connectivity index (χ4v) is 6.75. The van der Waals surface area contributed by atoms with E-state index in [4.69, 9.17) is 0 Å². The van der Waals surface area contributed by atoms with E-state index in [1.165, 1.54) is 18.1 Å². The molecule has 1 saturated heterocycles. The number of hydrogen-bond acceptors (Lipinski definition) is 3. The number of piperidine rings is 1. The highest BCUT2D eigenvalue weighted by Gasteiger charge is 2.58. The molecule has 5 rings (SSSR count). The van der Waals surface area contributed by atoms with Crippen molar-refractivity contribution in [3.8, 4) is 6.07 Å². The molecule has 4 atom stereocenters. The zero-order chi connectivity index (χ0) is 27.8. The number of urea groups is 1. The van der Waals surface area contributed by atoms with E-state index in [0.717, 1.165) is 51.3 Å². The molecule has 2 aromatic carbocycles. The first-order chi connectivity index (χ1) is 18.6. The zero-order valence-corrected chi connectivity index (χ0v) is 22.1. The predicted molar refractivity (Wildman–Crippen MR) is 141 cm³/mol. The van der Waals surface area contributed by atoms with Gasteiger partial charge in [0.2, 0.25) is 0 Å². The lowest BCUT2D eigenvalue weighted by Gasteiger charge is -2.39. The lowest BCUT2D eigenvalue weighted by Crippen LogP contribution is -2.49. The Morgan fingerprint density at radius 3 is 2.77 bits per heavy atom. The number of likely N-dealkylation sites (tertiary alicyclic amines) is 1. The SMILES string of the molecule is CC1CCCN(CCN(C(=O)Nc2ccc(F)c(C(F)(F)F)c2)[C@H]2CC[C@]3(c4cccc(C#N)c4)CC3C2)C1. The van der Waals surface area contributed by atoms with Crippen molar-refractivity contribution in [2.24, 2.45) is 11.8 Å². The third-order valence-electron chi connectivity index (χ3n) is 8.90. The normalized spacial score (nSPS) is 26.8. The summed E-state index contributed by atoms with van der Waals surface area (Å²) in [6.07, 6.45) is 0.912. The summed E-state index contributed by atoms with van der Waals surface area (Å²) in [4.78, 5) is 17.7. The molecule has 208 valence electrons. The van der Waals surface area contributed by atoms with Crippen LogP contribution in [0.25, 0.3) is 0 Å². The van der Waals surface area contributed by atoms with Gasteiger partial charge in [-0.25, -0.2) is 9.18 Å². The minimum Gasteiger partial charge on any atom is -0.320 e. The van der Waals surface area contributed by atoms with Gasteiger partial charge in [0.25, 0.3) is 0 Å². The van der Waals surface area contributed by atoms with Crippen LogP contribution in [0, 0.1) is 29.0 Å². The number of carbonyl (C=O) groups is 1. The number of rotatable bonds is 6. The van der Waals surface area contributed by atoms with Crippen LogP contribution in [0.1, 0.15) is 62.1 Å². The van der Waals surface area contributed by atoms with Gasteiger partial charge in [-0.1, -0.05) is 19.1 Å². The van der Waals surface area contributed by atoms with Crippen LogP contribution in [-0.2, 0) is 11.6 Å². The number of hydrogen-bond donors (Lipinski definition) is 1. The fourth-order valence-electron chi connectivity index (χ4n) is 6.75. The minimum atomic E-state index is -4.85. The van der Waals surface area contributed by atoms with Gasteiger partial charge in [0, 0.05) is 31.4 Å². The van der Waals surface area contributed by atoms with Crippen molar-refractivity contribution in [1.29, 1.82) is 5.26 Å². The molecule has 2 unspecified atom stereocenters. The molecule has 5 nitrogen and oxygen atoms in total. The van der Waals surface area contributed by atoms with Crippen molar-refractivity contribution < 1.29 is 22.4 Å². The molecule has 0 spiro atoms. The van der Waals surface area contributed by atoms with Gasteiger partial charge in [0.15, 0.2) is 0 Å². The van der Waals surface area contributed by atoms with Gasteiger partial charge in [0.05, 0.1) is 17.2 Å². The number of alkyl halides is 3. The van der Waals surface area contributed by atoms with Crippen molar-refractivity contribution in [2.45, 2.75) is 63.1 Å². The second-order valence-electron chi connectivity index (χ2n) is 11.5. The summed E-state index contributed by atoms with van der Waals surface area (Å²) in [6.45, 7) is 5.33. The molecule has 1 N–H and O–H groups in total. The van der Waals surface area contributed by atoms with E-state index in [9.17, 15) is 27.6 Å². The van der Waals surface area contributed by atoms with Gasteiger partial charge in [-0.15, -0.1) is 0 Å². The standard InChI is InChI=1S/C30H34F4N4O/c1-20-4-3-11-37(19-20)12-13-38(28(39)36-24-7-8-27(31)26(16-24)30(32,33)34)25-9-10-29(17-23(29)15-25)22-6-2-5-21(14-22)18-35/h2,5-8,14,16,20,23,25H,3-4,9-13,15,17,19H2,1H3,(H,36,39)/t20?,23?,25-,29+/m0/s1. The van der Waals surface area contributed by atoms with Crippen LogP contribution in [0.15, 0.2) is 42.5 Å². The number of nitrogens with zero attached hydrogens (tertiary/aromatic N) is 3. The molecule has 3 aliphatic rings. The van der Waals surface area contributed by atoms with Gasteiger partial charge < -0.3 is 15.1 Å². The first-order valence-corrected chi connectivity index (χ1v) is 13.8. The summed E-state index contributed by atoms with van der Waals surface area (Å²) < 4.78 is 53.6. The topological polar surface area (TPSA) is 59.4 Å². The average molecular weight is 543 g/mol. The van der Waals surface area contributed by atoms with Crippen molar-refractivity contribution in [2.75, 3.05) is 31.5 Å². The minimum absolute atomic E-state index is 0.0341. The van der Waals surface area contributed by atoms with Crippen LogP contribution < -0.4 is 5.32 Å². The molecule has 1 aliphatic heterocycles. The first-order valence-electron chi connectivity index (χ1n) is 13.8. The Labute approximate surface area is 226 Å². The number of halogens is 4. The summed E-state index contributed by atoms with van der Waals surface area (Å²) in [5, 5.41) is 12.0. The van der Waals surface area contributed by atoms with Crippen molar-refractivity contribution in [1.82, 2.24) is 9.80 Å². The van der Waals surface area contributed by atoms with Crippen LogP contribution in [0.4, 0.5) is 28.0 Å². The summed E-state index contributed by atoms with van der Waals surface area (Å²) in [5.41, 5.74) is 0.384. The number of nitriles is 1. The van der Waals surface area contributed by atoms with E-state index < -0.39 is 23.6 Å². The molecule has 3 fully saturated rings. The Morgan fingerprint density at radius 1 is 1.23 bits per heavy atom. The molecule has 0 radical (unpaired) electrons. The Bertz CT molecular complexity index is 1260. The maximum atomic E-state index is 13.8. The maximum Gasteiger partial charge on any atom is 0.419 e.